The van der Waals surface area contributed by atoms with Crippen molar-refractivity contribution in [1.82, 2.24) is 9.71 Å². The molecule has 1 aromatic heterocycles. The fourth-order valence-corrected chi connectivity index (χ4v) is 3.25. The molecule has 0 saturated heterocycles. The van der Waals surface area contributed by atoms with Crippen molar-refractivity contribution in [3.8, 4) is 0 Å². The largest absolute Gasteiger partial charge is 0.478 e. The maximum absolute atomic E-state index is 12.3. The Morgan fingerprint density at radius 2 is 1.92 bits per heavy atom. The number of carbonyl (C=O) groups is 1. The highest BCUT2D eigenvalue weighted by Crippen LogP contribution is 2.17. The van der Waals surface area contributed by atoms with Crippen molar-refractivity contribution in [1.29, 1.82) is 0 Å². The van der Waals surface area contributed by atoms with Gasteiger partial charge in [-0.3, -0.25) is 0 Å². The number of carboxylic acids is 1. The number of benzene rings is 2. The third-order valence-electron chi connectivity index (χ3n) is 3.44. The van der Waals surface area contributed by atoms with Crippen LogP contribution in [-0.2, 0) is 16.6 Å². The molecule has 0 atom stereocenters. The first-order valence-electron chi connectivity index (χ1n) is 7.04. The molecule has 0 spiro atoms. The first-order valence-corrected chi connectivity index (χ1v) is 8.52. The average Bonchev–Trinajstić information content (AvgIpc) is 2.92. The van der Waals surface area contributed by atoms with Crippen molar-refractivity contribution in [2.45, 2.75) is 18.4 Å². The van der Waals surface area contributed by atoms with Crippen LogP contribution in [0.1, 0.15) is 21.8 Å². The van der Waals surface area contributed by atoms with E-state index < -0.39 is 16.0 Å². The Bertz CT molecular complexity index is 1010. The molecule has 0 amide bonds. The van der Waals surface area contributed by atoms with Gasteiger partial charge in [0.15, 0.2) is 11.5 Å². The van der Waals surface area contributed by atoms with E-state index in [0.29, 0.717) is 17.0 Å². The van der Waals surface area contributed by atoms with E-state index in [1.54, 1.807) is 25.1 Å². The van der Waals surface area contributed by atoms with Gasteiger partial charge in [-0.05, 0) is 42.0 Å². The van der Waals surface area contributed by atoms with E-state index in [4.69, 9.17) is 9.52 Å². The molecule has 124 valence electrons. The molecule has 24 heavy (non-hydrogen) atoms. The lowest BCUT2D eigenvalue weighted by atomic mass is 10.2. The van der Waals surface area contributed by atoms with Gasteiger partial charge in [-0.1, -0.05) is 6.07 Å². The molecule has 0 aliphatic carbocycles. The lowest BCUT2D eigenvalue weighted by Gasteiger charge is -2.07. The number of aryl methyl sites for hydroxylation is 1. The predicted octanol–water partition coefficient (Wildman–Crippen LogP) is 2.31. The summed E-state index contributed by atoms with van der Waals surface area (Å²) in [4.78, 5) is 15.0. The molecule has 2 N–H and O–H groups in total. The van der Waals surface area contributed by atoms with Crippen molar-refractivity contribution in [3.05, 3.63) is 59.5 Å². The summed E-state index contributed by atoms with van der Waals surface area (Å²) in [7, 11) is -3.74. The molecule has 0 aliphatic heterocycles. The van der Waals surface area contributed by atoms with Crippen LogP contribution in [0.2, 0.25) is 0 Å². The van der Waals surface area contributed by atoms with Crippen molar-refractivity contribution in [3.63, 3.8) is 0 Å². The summed E-state index contributed by atoms with van der Waals surface area (Å²) in [6, 6.07) is 10.3. The van der Waals surface area contributed by atoms with Crippen LogP contribution in [-0.4, -0.2) is 24.5 Å². The van der Waals surface area contributed by atoms with Gasteiger partial charge in [-0.15, -0.1) is 0 Å². The third-order valence-corrected chi connectivity index (χ3v) is 4.85. The zero-order valence-corrected chi connectivity index (χ0v) is 13.5. The first kappa shape index (κ1) is 16.2. The summed E-state index contributed by atoms with van der Waals surface area (Å²) < 4.78 is 32.4. The molecular formula is C16H14N2O5S. The number of fused-ring (bicyclic) bond motifs is 1. The first-order chi connectivity index (χ1) is 11.3. The highest BCUT2D eigenvalue weighted by atomic mass is 32.2. The lowest BCUT2D eigenvalue weighted by molar-refractivity contribution is 0.0696. The number of hydrogen-bond donors (Lipinski definition) is 2. The molecule has 0 radical (unpaired) electrons. The van der Waals surface area contributed by atoms with Crippen LogP contribution in [0.5, 0.6) is 0 Å². The van der Waals surface area contributed by atoms with Crippen molar-refractivity contribution < 1.29 is 22.7 Å². The molecule has 3 aromatic rings. The third kappa shape index (κ3) is 3.29. The van der Waals surface area contributed by atoms with E-state index in [0.717, 1.165) is 5.56 Å². The van der Waals surface area contributed by atoms with Crippen LogP contribution in [0, 0.1) is 6.92 Å². The van der Waals surface area contributed by atoms with Gasteiger partial charge in [0.25, 0.3) is 0 Å². The van der Waals surface area contributed by atoms with E-state index in [-0.39, 0.29) is 17.0 Å². The Morgan fingerprint density at radius 3 is 2.58 bits per heavy atom. The molecule has 0 saturated carbocycles. The van der Waals surface area contributed by atoms with Crippen LogP contribution in [0.4, 0.5) is 0 Å². The summed E-state index contributed by atoms with van der Waals surface area (Å²) in [5, 5.41) is 8.84. The number of hydrogen-bond acceptors (Lipinski definition) is 5. The maximum atomic E-state index is 12.3. The molecular weight excluding hydrogens is 332 g/mol. The minimum Gasteiger partial charge on any atom is -0.478 e. The zero-order valence-electron chi connectivity index (χ0n) is 12.7. The number of sulfonamides is 1. The number of oxazole rings is 1. The monoisotopic (exact) mass is 346 g/mol. The fourth-order valence-electron chi connectivity index (χ4n) is 2.23. The topological polar surface area (TPSA) is 110 Å². The maximum Gasteiger partial charge on any atom is 0.335 e. The average molecular weight is 346 g/mol. The van der Waals surface area contributed by atoms with Gasteiger partial charge in [0.1, 0.15) is 5.52 Å². The standard InChI is InChI=1S/C16H14N2O5S/c1-10-18-14-7-2-11(8-15(14)23-10)9-17-24(21,22)13-5-3-12(4-6-13)16(19)20/h2-8,17H,9H2,1H3,(H,19,20). The summed E-state index contributed by atoms with van der Waals surface area (Å²) in [6.07, 6.45) is 0. The number of rotatable bonds is 5. The SMILES string of the molecule is Cc1nc2ccc(CNS(=O)(=O)c3ccc(C(=O)O)cc3)cc2o1. The second-order valence-electron chi connectivity index (χ2n) is 5.19. The molecule has 3 rings (SSSR count). The minimum atomic E-state index is -3.74. The van der Waals surface area contributed by atoms with Crippen LogP contribution in [0.3, 0.4) is 0 Å². The molecule has 1 heterocycles. The Labute approximate surface area is 138 Å². The molecule has 8 heteroatoms. The number of aromatic nitrogens is 1. The highest BCUT2D eigenvalue weighted by molar-refractivity contribution is 7.89. The summed E-state index contributed by atoms with van der Waals surface area (Å²) in [5.74, 6) is -0.566. The molecule has 7 nitrogen and oxygen atoms in total. The van der Waals surface area contributed by atoms with Crippen LogP contribution in [0.25, 0.3) is 11.1 Å². The van der Waals surface area contributed by atoms with Gasteiger partial charge in [-0.2, -0.15) is 0 Å². The molecule has 2 aromatic carbocycles. The van der Waals surface area contributed by atoms with E-state index in [2.05, 4.69) is 9.71 Å². The van der Waals surface area contributed by atoms with Gasteiger partial charge in [-0.25, -0.2) is 22.9 Å². The quantitative estimate of drug-likeness (QED) is 0.734. The van der Waals surface area contributed by atoms with E-state index in [1.807, 2.05) is 0 Å². The van der Waals surface area contributed by atoms with Gasteiger partial charge < -0.3 is 9.52 Å². The van der Waals surface area contributed by atoms with E-state index in [1.165, 1.54) is 24.3 Å². The van der Waals surface area contributed by atoms with Gasteiger partial charge in [0.05, 0.1) is 10.5 Å². The zero-order chi connectivity index (χ0) is 17.3. The lowest BCUT2D eigenvalue weighted by Crippen LogP contribution is -2.23. The Balaban J connectivity index is 1.77. The Morgan fingerprint density at radius 1 is 1.21 bits per heavy atom. The molecule has 0 aliphatic rings. The van der Waals surface area contributed by atoms with Gasteiger partial charge >= 0.3 is 5.97 Å². The summed E-state index contributed by atoms with van der Waals surface area (Å²) >= 11 is 0. The minimum absolute atomic E-state index is 0.00378. The second-order valence-corrected chi connectivity index (χ2v) is 6.96. The molecule has 0 fully saturated rings. The summed E-state index contributed by atoms with van der Waals surface area (Å²) in [5.41, 5.74) is 2.06. The smallest absolute Gasteiger partial charge is 0.335 e. The predicted molar refractivity (Wildman–Crippen MR) is 86.2 cm³/mol. The molecule has 0 bridgehead atoms. The molecule has 0 unspecified atom stereocenters. The second kappa shape index (κ2) is 6.06. The normalized spacial score (nSPS) is 11.7. The van der Waals surface area contributed by atoms with Crippen LogP contribution < -0.4 is 4.72 Å². The number of carboxylic acid groups (broad SMARTS) is 1. The summed E-state index contributed by atoms with van der Waals surface area (Å²) in [6.45, 7) is 1.82. The number of aromatic carboxylic acids is 1. The van der Waals surface area contributed by atoms with Crippen LogP contribution >= 0.6 is 0 Å². The number of nitrogens with one attached hydrogen (secondary N) is 1. The van der Waals surface area contributed by atoms with Gasteiger partial charge in [0.2, 0.25) is 10.0 Å². The Kier molecular flexibility index (Phi) is 4.08. The van der Waals surface area contributed by atoms with Gasteiger partial charge in [0, 0.05) is 13.5 Å². The van der Waals surface area contributed by atoms with Crippen molar-refractivity contribution in [2.75, 3.05) is 0 Å². The van der Waals surface area contributed by atoms with Crippen molar-refractivity contribution >= 4 is 27.1 Å². The van der Waals surface area contributed by atoms with E-state index in [9.17, 15) is 13.2 Å². The van der Waals surface area contributed by atoms with Crippen LogP contribution in [0.15, 0.2) is 51.8 Å². The highest BCUT2D eigenvalue weighted by Gasteiger charge is 2.15. The number of nitrogens with zero attached hydrogens (tertiary/aromatic N) is 1. The fraction of sp³-hybridized carbons (Fsp3) is 0.125. The van der Waals surface area contributed by atoms with Crippen molar-refractivity contribution in [2.24, 2.45) is 0 Å². The Hall–Kier alpha value is -2.71. The van der Waals surface area contributed by atoms with E-state index >= 15 is 0 Å².